The summed E-state index contributed by atoms with van der Waals surface area (Å²) < 4.78 is 13.2. The third kappa shape index (κ3) is 2.05. The van der Waals surface area contributed by atoms with Gasteiger partial charge in [-0.25, -0.2) is 4.39 Å². The second kappa shape index (κ2) is 4.06. The summed E-state index contributed by atoms with van der Waals surface area (Å²) in [6.45, 7) is 3.04. The van der Waals surface area contributed by atoms with Crippen molar-refractivity contribution in [2.24, 2.45) is 0 Å². The standard InChI is InChI=1S/C13H17FN2/c14-11-2-1-10-5-7-16(13(10)9-11)8-6-15-12-3-4-12/h1-2,9,12,15H,3-8H2. The molecule has 1 aliphatic heterocycles. The molecule has 86 valence electrons. The monoisotopic (exact) mass is 220 g/mol. The molecule has 2 nitrogen and oxygen atoms in total. The number of nitrogens with zero attached hydrogens (tertiary/aromatic N) is 1. The van der Waals surface area contributed by atoms with E-state index in [0.29, 0.717) is 0 Å². The molecule has 3 rings (SSSR count). The lowest BCUT2D eigenvalue weighted by Crippen LogP contribution is -2.31. The van der Waals surface area contributed by atoms with Crippen LogP contribution in [0.5, 0.6) is 0 Å². The minimum absolute atomic E-state index is 0.124. The lowest BCUT2D eigenvalue weighted by atomic mass is 10.2. The molecule has 1 fully saturated rings. The molecule has 0 radical (unpaired) electrons. The van der Waals surface area contributed by atoms with Crippen LogP contribution in [0.4, 0.5) is 10.1 Å². The molecule has 1 aromatic rings. The summed E-state index contributed by atoms with van der Waals surface area (Å²) in [7, 11) is 0. The van der Waals surface area contributed by atoms with Gasteiger partial charge in [0, 0.05) is 31.4 Å². The van der Waals surface area contributed by atoms with Crippen LogP contribution in [0.25, 0.3) is 0 Å². The molecule has 0 atom stereocenters. The summed E-state index contributed by atoms with van der Waals surface area (Å²) in [4.78, 5) is 2.29. The molecule has 0 saturated heterocycles. The Morgan fingerprint density at radius 1 is 1.38 bits per heavy atom. The van der Waals surface area contributed by atoms with Gasteiger partial charge in [-0.05, 0) is 37.0 Å². The second-order valence-corrected chi connectivity index (χ2v) is 4.74. The maximum Gasteiger partial charge on any atom is 0.125 e. The fraction of sp³-hybridized carbons (Fsp3) is 0.538. The minimum Gasteiger partial charge on any atom is -0.370 e. The van der Waals surface area contributed by atoms with E-state index < -0.39 is 0 Å². The largest absolute Gasteiger partial charge is 0.370 e. The molecule has 0 bridgehead atoms. The number of rotatable bonds is 4. The first-order chi connectivity index (χ1) is 7.83. The van der Waals surface area contributed by atoms with Crippen molar-refractivity contribution in [3.63, 3.8) is 0 Å². The molecule has 1 saturated carbocycles. The van der Waals surface area contributed by atoms with Gasteiger partial charge in [-0.15, -0.1) is 0 Å². The summed E-state index contributed by atoms with van der Waals surface area (Å²) in [5.41, 5.74) is 2.38. The highest BCUT2D eigenvalue weighted by Crippen LogP contribution is 2.28. The highest BCUT2D eigenvalue weighted by atomic mass is 19.1. The summed E-state index contributed by atoms with van der Waals surface area (Å²) in [5, 5.41) is 3.49. The zero-order valence-corrected chi connectivity index (χ0v) is 9.38. The van der Waals surface area contributed by atoms with Crippen LogP contribution in [0.3, 0.4) is 0 Å². The van der Waals surface area contributed by atoms with E-state index in [-0.39, 0.29) is 5.82 Å². The van der Waals surface area contributed by atoms with E-state index in [9.17, 15) is 4.39 Å². The number of anilines is 1. The Morgan fingerprint density at radius 3 is 3.06 bits per heavy atom. The van der Waals surface area contributed by atoms with Crippen molar-refractivity contribution in [2.45, 2.75) is 25.3 Å². The highest BCUT2D eigenvalue weighted by Gasteiger charge is 2.22. The Kier molecular flexibility index (Phi) is 2.56. The van der Waals surface area contributed by atoms with E-state index >= 15 is 0 Å². The van der Waals surface area contributed by atoms with E-state index in [1.54, 1.807) is 12.1 Å². The Bertz CT molecular complexity index is 388. The van der Waals surface area contributed by atoms with Crippen LogP contribution in [0.1, 0.15) is 18.4 Å². The highest BCUT2D eigenvalue weighted by molar-refractivity contribution is 5.58. The molecule has 1 aromatic carbocycles. The van der Waals surface area contributed by atoms with E-state index in [4.69, 9.17) is 0 Å². The molecule has 3 heteroatoms. The van der Waals surface area contributed by atoms with Gasteiger partial charge in [0.05, 0.1) is 0 Å². The van der Waals surface area contributed by atoms with Gasteiger partial charge >= 0.3 is 0 Å². The zero-order chi connectivity index (χ0) is 11.0. The molecule has 0 unspecified atom stereocenters. The smallest absolute Gasteiger partial charge is 0.125 e. The number of nitrogens with one attached hydrogen (secondary N) is 1. The van der Waals surface area contributed by atoms with Crippen molar-refractivity contribution in [3.05, 3.63) is 29.6 Å². The summed E-state index contributed by atoms with van der Waals surface area (Å²) >= 11 is 0. The lowest BCUT2D eigenvalue weighted by Gasteiger charge is -2.19. The molecule has 16 heavy (non-hydrogen) atoms. The lowest BCUT2D eigenvalue weighted by molar-refractivity contribution is 0.626. The van der Waals surface area contributed by atoms with Crippen LogP contribution < -0.4 is 10.2 Å². The zero-order valence-electron chi connectivity index (χ0n) is 9.38. The number of benzene rings is 1. The normalized spacial score (nSPS) is 18.9. The van der Waals surface area contributed by atoms with Crippen molar-refractivity contribution in [2.75, 3.05) is 24.5 Å². The van der Waals surface area contributed by atoms with Gasteiger partial charge in [-0.1, -0.05) is 6.07 Å². The molecule has 0 spiro atoms. The van der Waals surface area contributed by atoms with Gasteiger partial charge in [-0.2, -0.15) is 0 Å². The first-order valence-corrected chi connectivity index (χ1v) is 6.10. The number of halogens is 1. The van der Waals surface area contributed by atoms with Crippen molar-refractivity contribution >= 4 is 5.69 Å². The van der Waals surface area contributed by atoms with Crippen molar-refractivity contribution < 1.29 is 4.39 Å². The Morgan fingerprint density at radius 2 is 2.25 bits per heavy atom. The first-order valence-electron chi connectivity index (χ1n) is 6.10. The van der Waals surface area contributed by atoms with Crippen LogP contribution in [-0.2, 0) is 6.42 Å². The van der Waals surface area contributed by atoms with Crippen molar-refractivity contribution in [3.8, 4) is 0 Å². The molecule has 1 heterocycles. The minimum atomic E-state index is -0.124. The van der Waals surface area contributed by atoms with Gasteiger partial charge < -0.3 is 10.2 Å². The predicted octanol–water partition coefficient (Wildman–Crippen LogP) is 1.94. The molecule has 2 aliphatic rings. The van der Waals surface area contributed by atoms with Crippen LogP contribution in [0, 0.1) is 5.82 Å². The average molecular weight is 220 g/mol. The Balaban J connectivity index is 1.62. The van der Waals surface area contributed by atoms with E-state index in [0.717, 1.165) is 37.8 Å². The third-order valence-electron chi connectivity index (χ3n) is 3.43. The molecule has 0 amide bonds. The van der Waals surface area contributed by atoms with Crippen molar-refractivity contribution in [1.29, 1.82) is 0 Å². The van der Waals surface area contributed by atoms with E-state index in [1.807, 2.05) is 6.07 Å². The van der Waals surface area contributed by atoms with Gasteiger partial charge in [0.25, 0.3) is 0 Å². The summed E-state index contributed by atoms with van der Waals surface area (Å²) in [5.74, 6) is -0.124. The average Bonchev–Trinajstić information content (AvgIpc) is 3.01. The topological polar surface area (TPSA) is 15.3 Å². The quantitative estimate of drug-likeness (QED) is 0.834. The maximum absolute atomic E-state index is 13.2. The van der Waals surface area contributed by atoms with Crippen molar-refractivity contribution in [1.82, 2.24) is 5.32 Å². The molecular formula is C13H17FN2. The van der Waals surface area contributed by atoms with Gasteiger partial charge in [0.1, 0.15) is 5.82 Å². The second-order valence-electron chi connectivity index (χ2n) is 4.74. The third-order valence-corrected chi connectivity index (χ3v) is 3.43. The van der Waals surface area contributed by atoms with Crippen LogP contribution in [-0.4, -0.2) is 25.7 Å². The van der Waals surface area contributed by atoms with Crippen LogP contribution in [0.15, 0.2) is 18.2 Å². The van der Waals surface area contributed by atoms with E-state index in [2.05, 4.69) is 10.2 Å². The van der Waals surface area contributed by atoms with E-state index in [1.165, 1.54) is 18.4 Å². The van der Waals surface area contributed by atoms with Gasteiger partial charge in [-0.3, -0.25) is 0 Å². The molecule has 1 aliphatic carbocycles. The Labute approximate surface area is 95.4 Å². The fourth-order valence-electron chi connectivity index (χ4n) is 2.34. The molecular weight excluding hydrogens is 203 g/mol. The number of hydrogen-bond donors (Lipinski definition) is 1. The predicted molar refractivity (Wildman–Crippen MR) is 63.3 cm³/mol. The first kappa shape index (κ1) is 10.1. The maximum atomic E-state index is 13.2. The summed E-state index contributed by atoms with van der Waals surface area (Å²) in [6.07, 6.45) is 3.70. The number of fused-ring (bicyclic) bond motifs is 1. The molecule has 0 aromatic heterocycles. The molecule has 1 N–H and O–H groups in total. The van der Waals surface area contributed by atoms with Crippen LogP contribution >= 0.6 is 0 Å². The van der Waals surface area contributed by atoms with Crippen LogP contribution in [0.2, 0.25) is 0 Å². The Hall–Kier alpha value is -1.09. The number of hydrogen-bond acceptors (Lipinski definition) is 2. The fourth-order valence-corrected chi connectivity index (χ4v) is 2.34. The summed E-state index contributed by atoms with van der Waals surface area (Å²) in [6, 6.07) is 5.90. The van der Waals surface area contributed by atoms with Gasteiger partial charge in [0.2, 0.25) is 0 Å². The van der Waals surface area contributed by atoms with Gasteiger partial charge in [0.15, 0.2) is 0 Å². The SMILES string of the molecule is Fc1ccc2c(c1)N(CCNC1CC1)CC2.